The van der Waals surface area contributed by atoms with Crippen LogP contribution >= 0.6 is 0 Å². The molecule has 1 N–H and O–H groups in total. The third-order valence-electron chi connectivity index (χ3n) is 3.78. The third-order valence-corrected chi connectivity index (χ3v) is 3.78. The van der Waals surface area contributed by atoms with E-state index >= 15 is 0 Å². The summed E-state index contributed by atoms with van der Waals surface area (Å²) in [6.07, 6.45) is 6.86. The number of aryl methyl sites for hydroxylation is 1. The molecule has 4 aromatic rings. The number of amides is 1. The van der Waals surface area contributed by atoms with Crippen LogP contribution in [0.4, 0.5) is 0 Å². The van der Waals surface area contributed by atoms with Crippen molar-refractivity contribution in [1.29, 1.82) is 0 Å². The second kappa shape index (κ2) is 5.20. The van der Waals surface area contributed by atoms with Gasteiger partial charge in [-0.3, -0.25) is 4.79 Å². The zero-order valence-corrected chi connectivity index (χ0v) is 12.5. The summed E-state index contributed by atoms with van der Waals surface area (Å²) in [7, 11) is 1.87. The number of nitrogens with zero attached hydrogens (tertiary/aromatic N) is 5. The van der Waals surface area contributed by atoms with Crippen LogP contribution in [0.25, 0.3) is 16.7 Å². The van der Waals surface area contributed by atoms with Gasteiger partial charge in [-0.05, 0) is 23.8 Å². The number of pyridine rings is 2. The Kier molecular flexibility index (Phi) is 3.04. The fraction of sp³-hybridized carbons (Fsp3) is 0.125. The summed E-state index contributed by atoms with van der Waals surface area (Å²) < 4.78 is 3.60. The van der Waals surface area contributed by atoms with E-state index in [9.17, 15) is 4.79 Å². The van der Waals surface area contributed by atoms with Gasteiger partial charge in [-0.15, -0.1) is 0 Å². The van der Waals surface area contributed by atoms with Crippen LogP contribution in [-0.4, -0.2) is 30.1 Å². The van der Waals surface area contributed by atoms with E-state index in [-0.39, 0.29) is 5.91 Å². The Labute approximate surface area is 131 Å². The molecule has 4 aromatic heterocycles. The van der Waals surface area contributed by atoms with Crippen molar-refractivity contribution in [2.24, 2.45) is 7.05 Å². The van der Waals surface area contributed by atoms with Gasteiger partial charge in [0.05, 0.1) is 17.4 Å². The zero-order chi connectivity index (χ0) is 15.8. The normalized spacial score (nSPS) is 11.2. The number of carbonyl (C=O) groups excluding carboxylic acids is 1. The van der Waals surface area contributed by atoms with E-state index in [1.165, 1.54) is 0 Å². The second-order valence-corrected chi connectivity index (χ2v) is 5.30. The van der Waals surface area contributed by atoms with Crippen LogP contribution in [0, 0.1) is 0 Å². The summed E-state index contributed by atoms with van der Waals surface area (Å²) in [6, 6.07) is 7.54. The van der Waals surface area contributed by atoms with Crippen molar-refractivity contribution in [2.75, 3.05) is 0 Å². The Hall–Kier alpha value is -3.22. The number of rotatable bonds is 3. The monoisotopic (exact) mass is 306 g/mol. The van der Waals surface area contributed by atoms with Gasteiger partial charge in [-0.25, -0.2) is 14.5 Å². The number of aromatic nitrogens is 5. The van der Waals surface area contributed by atoms with Gasteiger partial charge in [-0.1, -0.05) is 6.07 Å². The van der Waals surface area contributed by atoms with Crippen molar-refractivity contribution in [3.05, 3.63) is 60.3 Å². The number of carbonyl (C=O) groups is 1. The molecule has 0 aliphatic heterocycles. The Balaban J connectivity index is 1.56. The molecule has 0 spiro atoms. The van der Waals surface area contributed by atoms with Gasteiger partial charge in [0.15, 0.2) is 5.65 Å². The Morgan fingerprint density at radius 2 is 2.22 bits per heavy atom. The maximum absolute atomic E-state index is 12.3. The predicted octanol–water partition coefficient (Wildman–Crippen LogP) is 1.55. The van der Waals surface area contributed by atoms with E-state index in [0.29, 0.717) is 17.6 Å². The predicted molar refractivity (Wildman–Crippen MR) is 84.9 cm³/mol. The van der Waals surface area contributed by atoms with Crippen molar-refractivity contribution >= 4 is 22.6 Å². The van der Waals surface area contributed by atoms with Crippen LogP contribution in [0.3, 0.4) is 0 Å². The standard InChI is InChI=1S/C16H14N6O/c1-21-10-19-13-7-12(9-17-15(13)21)16(23)18-8-11-3-2-6-22-14(11)4-5-20-22/h2-7,9-10H,8H2,1H3,(H,18,23). The molecule has 0 radical (unpaired) electrons. The lowest BCUT2D eigenvalue weighted by atomic mass is 10.2. The molecule has 7 nitrogen and oxygen atoms in total. The average Bonchev–Trinajstić information content (AvgIpc) is 3.19. The fourth-order valence-corrected chi connectivity index (χ4v) is 2.58. The molecule has 4 heterocycles. The fourth-order valence-electron chi connectivity index (χ4n) is 2.58. The Morgan fingerprint density at radius 1 is 1.30 bits per heavy atom. The van der Waals surface area contributed by atoms with Crippen molar-refractivity contribution in [2.45, 2.75) is 6.54 Å². The van der Waals surface area contributed by atoms with Crippen molar-refractivity contribution < 1.29 is 4.79 Å². The highest BCUT2D eigenvalue weighted by Gasteiger charge is 2.10. The van der Waals surface area contributed by atoms with Gasteiger partial charge in [-0.2, -0.15) is 5.10 Å². The average molecular weight is 306 g/mol. The van der Waals surface area contributed by atoms with Crippen LogP contribution < -0.4 is 5.32 Å². The zero-order valence-electron chi connectivity index (χ0n) is 12.5. The molecule has 0 unspecified atom stereocenters. The highest BCUT2D eigenvalue weighted by atomic mass is 16.1. The molecule has 7 heteroatoms. The van der Waals surface area contributed by atoms with Crippen molar-refractivity contribution in [1.82, 2.24) is 29.5 Å². The number of imidazole rings is 1. The number of hydrogen-bond donors (Lipinski definition) is 1. The van der Waals surface area contributed by atoms with Crippen molar-refractivity contribution in [3.63, 3.8) is 0 Å². The van der Waals surface area contributed by atoms with Crippen LogP contribution in [0.1, 0.15) is 15.9 Å². The molecule has 0 bridgehead atoms. The Morgan fingerprint density at radius 3 is 3.13 bits per heavy atom. The molecule has 23 heavy (non-hydrogen) atoms. The molecule has 0 saturated heterocycles. The van der Waals surface area contributed by atoms with Gasteiger partial charge in [0.1, 0.15) is 5.52 Å². The molecule has 114 valence electrons. The molecule has 1 amide bonds. The van der Waals surface area contributed by atoms with Crippen molar-refractivity contribution in [3.8, 4) is 0 Å². The topological polar surface area (TPSA) is 77.1 Å². The lowest BCUT2D eigenvalue weighted by molar-refractivity contribution is 0.0951. The molecule has 4 rings (SSSR count). The smallest absolute Gasteiger partial charge is 0.253 e. The third kappa shape index (κ3) is 2.32. The second-order valence-electron chi connectivity index (χ2n) is 5.30. The quantitative estimate of drug-likeness (QED) is 0.623. The van der Waals surface area contributed by atoms with E-state index in [1.54, 1.807) is 29.3 Å². The lowest BCUT2D eigenvalue weighted by Crippen LogP contribution is -2.23. The van der Waals surface area contributed by atoms with E-state index in [4.69, 9.17) is 0 Å². The molecule has 0 fully saturated rings. The number of hydrogen-bond acceptors (Lipinski definition) is 4. The summed E-state index contributed by atoms with van der Waals surface area (Å²) in [5, 5.41) is 7.10. The van der Waals surface area contributed by atoms with Crippen LogP contribution in [0.2, 0.25) is 0 Å². The number of nitrogens with one attached hydrogen (secondary N) is 1. The van der Waals surface area contributed by atoms with E-state index in [0.717, 1.165) is 16.7 Å². The van der Waals surface area contributed by atoms with Gasteiger partial charge in [0.2, 0.25) is 0 Å². The molecule has 0 aliphatic rings. The lowest BCUT2D eigenvalue weighted by Gasteiger charge is -2.07. The highest BCUT2D eigenvalue weighted by Crippen LogP contribution is 2.12. The first kappa shape index (κ1) is 13.4. The summed E-state index contributed by atoms with van der Waals surface area (Å²) in [5.74, 6) is -0.174. The summed E-state index contributed by atoms with van der Waals surface area (Å²) in [6.45, 7) is 0.426. The summed E-state index contributed by atoms with van der Waals surface area (Å²) >= 11 is 0. The maximum Gasteiger partial charge on any atom is 0.253 e. The van der Waals surface area contributed by atoms with E-state index < -0.39 is 0 Å². The number of fused-ring (bicyclic) bond motifs is 2. The molecule has 0 saturated carbocycles. The minimum atomic E-state index is -0.174. The minimum absolute atomic E-state index is 0.174. The molecular formula is C16H14N6O. The molecular weight excluding hydrogens is 292 g/mol. The first-order valence-corrected chi connectivity index (χ1v) is 7.19. The summed E-state index contributed by atoms with van der Waals surface area (Å²) in [5.41, 5.74) is 3.94. The largest absolute Gasteiger partial charge is 0.348 e. The van der Waals surface area contributed by atoms with Gasteiger partial charge < -0.3 is 9.88 Å². The van der Waals surface area contributed by atoms with E-state index in [1.807, 2.05) is 36.0 Å². The SMILES string of the molecule is Cn1cnc2cc(C(=O)NCc3cccn4nccc34)cnc21. The molecule has 0 aromatic carbocycles. The van der Waals surface area contributed by atoms with Crippen LogP contribution in [0.5, 0.6) is 0 Å². The molecule has 0 atom stereocenters. The Bertz CT molecular complexity index is 1020. The van der Waals surface area contributed by atoms with E-state index in [2.05, 4.69) is 20.4 Å². The van der Waals surface area contributed by atoms with Gasteiger partial charge in [0.25, 0.3) is 5.91 Å². The maximum atomic E-state index is 12.3. The van der Waals surface area contributed by atoms with Gasteiger partial charge in [0, 0.05) is 32.2 Å². The summed E-state index contributed by atoms with van der Waals surface area (Å²) in [4.78, 5) is 20.8. The minimum Gasteiger partial charge on any atom is -0.348 e. The first-order chi connectivity index (χ1) is 11.2. The molecule has 0 aliphatic carbocycles. The van der Waals surface area contributed by atoms with Gasteiger partial charge >= 0.3 is 0 Å². The first-order valence-electron chi connectivity index (χ1n) is 7.19. The highest BCUT2D eigenvalue weighted by molar-refractivity contribution is 5.96. The van der Waals surface area contributed by atoms with Crippen LogP contribution in [0.15, 0.2) is 49.2 Å². The van der Waals surface area contributed by atoms with Crippen LogP contribution in [-0.2, 0) is 13.6 Å².